The van der Waals surface area contributed by atoms with Crippen LogP contribution in [0, 0.1) is 5.92 Å². The van der Waals surface area contributed by atoms with Gasteiger partial charge in [-0.1, -0.05) is 0 Å². The van der Waals surface area contributed by atoms with Crippen molar-refractivity contribution in [3.05, 3.63) is 0 Å². The molecule has 0 aromatic rings. The molecule has 1 unspecified atom stereocenters. The molecule has 0 radical (unpaired) electrons. The van der Waals surface area contributed by atoms with Crippen molar-refractivity contribution in [2.24, 2.45) is 5.92 Å². The van der Waals surface area contributed by atoms with Gasteiger partial charge >= 0.3 is 0 Å². The Hall–Kier alpha value is -1.10. The molecule has 3 rings (SSSR count). The summed E-state index contributed by atoms with van der Waals surface area (Å²) in [5, 5.41) is 0. The van der Waals surface area contributed by atoms with Crippen LogP contribution < -0.4 is 0 Å². The Morgan fingerprint density at radius 3 is 2.35 bits per heavy atom. The van der Waals surface area contributed by atoms with Crippen LogP contribution in [0.1, 0.15) is 52.4 Å². The molecule has 3 heterocycles. The van der Waals surface area contributed by atoms with Crippen molar-refractivity contribution in [2.45, 2.75) is 64.0 Å². The zero-order chi connectivity index (χ0) is 16.6. The molecule has 0 aliphatic carbocycles. The molecule has 3 saturated heterocycles. The first-order valence-electron chi connectivity index (χ1n) is 9.20. The van der Waals surface area contributed by atoms with E-state index in [4.69, 9.17) is 0 Å². The Morgan fingerprint density at radius 2 is 1.78 bits per heavy atom. The predicted octanol–water partition coefficient (Wildman–Crippen LogP) is 1.72. The highest BCUT2D eigenvalue weighted by molar-refractivity contribution is 5.79. The average Bonchev–Trinajstić information content (AvgIpc) is 2.80. The molecule has 1 spiro atoms. The molecule has 5 nitrogen and oxygen atoms in total. The number of piperidine rings is 2. The third-order valence-electron chi connectivity index (χ3n) is 6.36. The standard InChI is InChI=1S/C18H31N3O2/c1-14(2)21-13-15(4-5-17(21)23)12-20-10-8-18(9-11-20)7-6-16(22)19(18)3/h14-15H,4-13H2,1-3H3. The quantitative estimate of drug-likeness (QED) is 0.795. The van der Waals surface area contributed by atoms with E-state index in [0.717, 1.165) is 58.3 Å². The van der Waals surface area contributed by atoms with Gasteiger partial charge in [0.15, 0.2) is 0 Å². The van der Waals surface area contributed by atoms with Crippen molar-refractivity contribution in [3.8, 4) is 0 Å². The van der Waals surface area contributed by atoms with E-state index in [9.17, 15) is 9.59 Å². The first-order chi connectivity index (χ1) is 10.9. The minimum atomic E-state index is 0.139. The summed E-state index contributed by atoms with van der Waals surface area (Å²) in [6.07, 6.45) is 5.71. The summed E-state index contributed by atoms with van der Waals surface area (Å²) in [6.45, 7) is 8.41. The lowest BCUT2D eigenvalue weighted by Gasteiger charge is -2.45. The van der Waals surface area contributed by atoms with Gasteiger partial charge < -0.3 is 14.7 Å². The maximum absolute atomic E-state index is 12.0. The second kappa shape index (κ2) is 6.42. The van der Waals surface area contributed by atoms with Crippen LogP contribution in [0.3, 0.4) is 0 Å². The molecule has 0 N–H and O–H groups in total. The van der Waals surface area contributed by atoms with Gasteiger partial charge in [-0.25, -0.2) is 0 Å². The fourth-order valence-corrected chi connectivity index (χ4v) is 4.63. The third kappa shape index (κ3) is 3.25. The van der Waals surface area contributed by atoms with E-state index >= 15 is 0 Å². The van der Waals surface area contributed by atoms with Crippen molar-refractivity contribution < 1.29 is 9.59 Å². The average molecular weight is 321 g/mol. The molecule has 130 valence electrons. The lowest BCUT2D eigenvalue weighted by Crippen LogP contribution is -2.53. The molecule has 0 aromatic heterocycles. The van der Waals surface area contributed by atoms with Crippen LogP contribution in [0.5, 0.6) is 0 Å². The zero-order valence-corrected chi connectivity index (χ0v) is 14.9. The van der Waals surface area contributed by atoms with E-state index < -0.39 is 0 Å². The highest BCUT2D eigenvalue weighted by atomic mass is 16.2. The largest absolute Gasteiger partial charge is 0.340 e. The van der Waals surface area contributed by atoms with Crippen LogP contribution in [-0.4, -0.2) is 71.3 Å². The molecule has 3 aliphatic rings. The van der Waals surface area contributed by atoms with E-state index in [2.05, 4.69) is 18.7 Å². The normalized spacial score (nSPS) is 29.1. The lowest BCUT2D eigenvalue weighted by molar-refractivity contribution is -0.137. The summed E-state index contributed by atoms with van der Waals surface area (Å²) in [6, 6.07) is 0.313. The van der Waals surface area contributed by atoms with Gasteiger partial charge in [-0.2, -0.15) is 0 Å². The number of hydrogen-bond acceptors (Lipinski definition) is 3. The summed E-state index contributed by atoms with van der Waals surface area (Å²) in [4.78, 5) is 30.5. The number of amides is 2. The van der Waals surface area contributed by atoms with E-state index in [1.807, 2.05) is 16.8 Å². The molecule has 2 amide bonds. The first-order valence-corrected chi connectivity index (χ1v) is 9.20. The summed E-state index contributed by atoms with van der Waals surface area (Å²) >= 11 is 0. The van der Waals surface area contributed by atoms with Crippen molar-refractivity contribution in [1.29, 1.82) is 0 Å². The smallest absolute Gasteiger partial charge is 0.222 e. The van der Waals surface area contributed by atoms with Gasteiger partial charge in [0.2, 0.25) is 11.8 Å². The predicted molar refractivity (Wildman–Crippen MR) is 90.0 cm³/mol. The summed E-state index contributed by atoms with van der Waals surface area (Å²) in [5.41, 5.74) is 0.139. The molecule has 3 fully saturated rings. The van der Waals surface area contributed by atoms with Gasteiger partial charge in [-0.05, 0) is 45.4 Å². The molecule has 0 bridgehead atoms. The van der Waals surface area contributed by atoms with Crippen LogP contribution in [0.15, 0.2) is 0 Å². The van der Waals surface area contributed by atoms with E-state index in [1.54, 1.807) is 0 Å². The molecule has 1 atom stereocenters. The van der Waals surface area contributed by atoms with Gasteiger partial charge in [0.25, 0.3) is 0 Å². The second-order valence-corrected chi connectivity index (χ2v) is 8.02. The fraction of sp³-hybridized carbons (Fsp3) is 0.889. The van der Waals surface area contributed by atoms with Crippen LogP contribution in [0.25, 0.3) is 0 Å². The van der Waals surface area contributed by atoms with E-state index in [-0.39, 0.29) is 5.54 Å². The molecular formula is C18H31N3O2. The van der Waals surface area contributed by atoms with Crippen LogP contribution in [-0.2, 0) is 9.59 Å². The second-order valence-electron chi connectivity index (χ2n) is 8.02. The van der Waals surface area contributed by atoms with Crippen LogP contribution in [0.2, 0.25) is 0 Å². The maximum Gasteiger partial charge on any atom is 0.222 e. The van der Waals surface area contributed by atoms with E-state index in [0.29, 0.717) is 30.2 Å². The Kier molecular flexibility index (Phi) is 4.68. The SMILES string of the molecule is CC(C)N1CC(CN2CCC3(CCC(=O)N3C)CC2)CCC1=O. The van der Waals surface area contributed by atoms with Gasteiger partial charge in [0.1, 0.15) is 0 Å². The third-order valence-corrected chi connectivity index (χ3v) is 6.36. The van der Waals surface area contributed by atoms with Crippen molar-refractivity contribution in [2.75, 3.05) is 33.2 Å². The minimum absolute atomic E-state index is 0.139. The van der Waals surface area contributed by atoms with Gasteiger partial charge in [-0.3, -0.25) is 9.59 Å². The molecular weight excluding hydrogens is 290 g/mol. The van der Waals surface area contributed by atoms with Gasteiger partial charge in [0.05, 0.1) is 0 Å². The topological polar surface area (TPSA) is 43.9 Å². The zero-order valence-electron chi connectivity index (χ0n) is 14.9. The number of hydrogen-bond donors (Lipinski definition) is 0. The number of nitrogens with zero attached hydrogens (tertiary/aromatic N) is 3. The molecule has 3 aliphatic heterocycles. The highest BCUT2D eigenvalue weighted by Gasteiger charge is 2.45. The number of likely N-dealkylation sites (tertiary alicyclic amines) is 3. The highest BCUT2D eigenvalue weighted by Crippen LogP contribution is 2.38. The molecule has 23 heavy (non-hydrogen) atoms. The van der Waals surface area contributed by atoms with Crippen molar-refractivity contribution >= 4 is 11.8 Å². The van der Waals surface area contributed by atoms with Crippen LogP contribution in [0.4, 0.5) is 0 Å². The molecule has 5 heteroatoms. The lowest BCUT2D eigenvalue weighted by atomic mass is 9.84. The van der Waals surface area contributed by atoms with Crippen molar-refractivity contribution in [3.63, 3.8) is 0 Å². The monoisotopic (exact) mass is 321 g/mol. The summed E-state index contributed by atoms with van der Waals surface area (Å²) in [7, 11) is 1.98. The molecule has 0 aromatic carbocycles. The molecule has 0 saturated carbocycles. The number of carbonyl (C=O) groups is 2. The Balaban J connectivity index is 1.51. The van der Waals surface area contributed by atoms with Crippen molar-refractivity contribution in [1.82, 2.24) is 14.7 Å². The fourth-order valence-electron chi connectivity index (χ4n) is 4.63. The number of carbonyl (C=O) groups excluding carboxylic acids is 2. The summed E-state index contributed by atoms with van der Waals surface area (Å²) < 4.78 is 0. The van der Waals surface area contributed by atoms with Crippen LogP contribution >= 0.6 is 0 Å². The number of rotatable bonds is 3. The Bertz CT molecular complexity index is 469. The maximum atomic E-state index is 12.0. The first kappa shape index (κ1) is 16.7. The minimum Gasteiger partial charge on any atom is -0.340 e. The van der Waals surface area contributed by atoms with Gasteiger partial charge in [-0.15, -0.1) is 0 Å². The Labute approximate surface area is 140 Å². The summed E-state index contributed by atoms with van der Waals surface area (Å²) in [5.74, 6) is 1.24. The van der Waals surface area contributed by atoms with Gasteiger partial charge in [0, 0.05) is 57.6 Å². The van der Waals surface area contributed by atoms with E-state index in [1.165, 1.54) is 0 Å². The Morgan fingerprint density at radius 1 is 1.09 bits per heavy atom.